The lowest BCUT2D eigenvalue weighted by molar-refractivity contribution is 0.0613. The predicted octanol–water partition coefficient (Wildman–Crippen LogP) is 2.89. The van der Waals surface area contributed by atoms with Crippen LogP contribution in [0.15, 0.2) is 41.4 Å². The van der Waals surface area contributed by atoms with Gasteiger partial charge in [-0.05, 0) is 42.4 Å². The molecule has 0 saturated carbocycles. The summed E-state index contributed by atoms with van der Waals surface area (Å²) in [6, 6.07) is 9.11. The Bertz CT molecular complexity index is 1000. The van der Waals surface area contributed by atoms with Gasteiger partial charge in [0.1, 0.15) is 10.6 Å². The van der Waals surface area contributed by atoms with Crippen molar-refractivity contribution >= 4 is 21.6 Å². The summed E-state index contributed by atoms with van der Waals surface area (Å²) in [5.41, 5.74) is 2.19. The summed E-state index contributed by atoms with van der Waals surface area (Å²) in [7, 11) is -1.96. The Morgan fingerprint density at radius 1 is 1.11 bits per heavy atom. The minimum Gasteiger partial charge on any atom is -0.345 e. The number of carbonyl (C=O) groups excluding carboxylic acids is 1. The summed E-state index contributed by atoms with van der Waals surface area (Å²) in [5.74, 6) is 0.818. The van der Waals surface area contributed by atoms with Crippen molar-refractivity contribution in [2.45, 2.75) is 31.6 Å². The molecule has 150 valence electrons. The topological polar surface area (TPSA) is 62.6 Å². The van der Waals surface area contributed by atoms with E-state index in [1.807, 2.05) is 29.2 Å². The van der Waals surface area contributed by atoms with Crippen LogP contribution in [0.25, 0.3) is 0 Å². The van der Waals surface area contributed by atoms with Crippen LogP contribution in [-0.2, 0) is 23.5 Å². The van der Waals surface area contributed by atoms with Crippen molar-refractivity contribution < 1.29 is 13.2 Å². The fourth-order valence-corrected chi connectivity index (χ4v) is 6.14. The van der Waals surface area contributed by atoms with Gasteiger partial charge in [-0.1, -0.05) is 32.0 Å². The molecular weight excluding hydrogens is 374 g/mol. The van der Waals surface area contributed by atoms with Crippen LogP contribution >= 0.6 is 0 Å². The summed E-state index contributed by atoms with van der Waals surface area (Å²) in [6.07, 6.45) is 3.38. The molecule has 1 aromatic carbocycles. The number of likely N-dealkylation sites (tertiary alicyclic amines) is 1. The van der Waals surface area contributed by atoms with Crippen LogP contribution in [0, 0.1) is 11.8 Å². The first-order valence-electron chi connectivity index (χ1n) is 9.83. The van der Waals surface area contributed by atoms with E-state index in [0.717, 1.165) is 30.8 Å². The predicted molar refractivity (Wildman–Crippen MR) is 109 cm³/mol. The van der Waals surface area contributed by atoms with Crippen LogP contribution in [0.4, 0.5) is 5.69 Å². The van der Waals surface area contributed by atoms with Crippen LogP contribution in [-0.4, -0.2) is 43.4 Å². The Balaban J connectivity index is 1.63. The van der Waals surface area contributed by atoms with Gasteiger partial charge in [-0.15, -0.1) is 0 Å². The number of amides is 1. The molecular formula is C21H27N3O3S. The van der Waals surface area contributed by atoms with Crippen molar-refractivity contribution in [2.24, 2.45) is 18.9 Å². The number of hydrogen-bond acceptors (Lipinski definition) is 3. The summed E-state index contributed by atoms with van der Waals surface area (Å²) >= 11 is 0. The summed E-state index contributed by atoms with van der Waals surface area (Å²) < 4.78 is 29.6. The molecule has 6 nitrogen and oxygen atoms in total. The van der Waals surface area contributed by atoms with Crippen LogP contribution in [0.2, 0.25) is 0 Å². The van der Waals surface area contributed by atoms with E-state index in [1.165, 1.54) is 10.4 Å². The molecule has 28 heavy (non-hydrogen) atoms. The number of rotatable bonds is 3. The maximum Gasteiger partial charge on any atom is 0.270 e. The fourth-order valence-electron chi connectivity index (χ4n) is 4.56. The molecule has 2 atom stereocenters. The highest BCUT2D eigenvalue weighted by Gasteiger charge is 2.33. The molecule has 4 rings (SSSR count). The number of anilines is 1. The number of para-hydroxylation sites is 1. The number of piperidine rings is 1. The number of aromatic nitrogens is 1. The Morgan fingerprint density at radius 3 is 2.50 bits per heavy atom. The van der Waals surface area contributed by atoms with Crippen LogP contribution < -0.4 is 4.31 Å². The zero-order valence-electron chi connectivity index (χ0n) is 16.6. The Labute approximate surface area is 166 Å². The van der Waals surface area contributed by atoms with E-state index in [9.17, 15) is 13.2 Å². The molecule has 0 aliphatic carbocycles. The highest BCUT2D eigenvalue weighted by Crippen LogP contribution is 2.33. The van der Waals surface area contributed by atoms with Gasteiger partial charge in [0, 0.05) is 32.9 Å². The van der Waals surface area contributed by atoms with E-state index in [4.69, 9.17) is 0 Å². The molecule has 1 fully saturated rings. The van der Waals surface area contributed by atoms with Gasteiger partial charge in [0.15, 0.2) is 0 Å². The summed E-state index contributed by atoms with van der Waals surface area (Å²) in [6.45, 7) is 6.18. The maximum atomic E-state index is 13.3. The fraction of sp³-hybridized carbons (Fsp3) is 0.476. The number of aryl methyl sites for hydroxylation is 1. The van der Waals surface area contributed by atoms with Crippen LogP contribution in [0.1, 0.15) is 36.3 Å². The van der Waals surface area contributed by atoms with Crippen molar-refractivity contribution in [3.63, 3.8) is 0 Å². The first-order chi connectivity index (χ1) is 13.3. The number of sulfonamides is 1. The van der Waals surface area contributed by atoms with E-state index in [2.05, 4.69) is 13.8 Å². The van der Waals surface area contributed by atoms with Crippen molar-refractivity contribution in [2.75, 3.05) is 23.9 Å². The molecule has 2 aliphatic rings. The second-order valence-corrected chi connectivity index (χ2v) is 10.1. The lowest BCUT2D eigenvalue weighted by Gasteiger charge is -2.35. The number of hydrogen-bond donors (Lipinski definition) is 0. The minimum atomic E-state index is -3.70. The first kappa shape index (κ1) is 19.1. The van der Waals surface area contributed by atoms with Crippen molar-refractivity contribution in [1.29, 1.82) is 0 Å². The molecule has 3 heterocycles. The van der Waals surface area contributed by atoms with Crippen molar-refractivity contribution in [3.05, 3.63) is 47.8 Å². The zero-order valence-corrected chi connectivity index (χ0v) is 17.4. The Morgan fingerprint density at radius 2 is 1.79 bits per heavy atom. The third kappa shape index (κ3) is 3.21. The van der Waals surface area contributed by atoms with Crippen LogP contribution in [0.5, 0.6) is 0 Å². The quantitative estimate of drug-likeness (QED) is 0.794. The summed E-state index contributed by atoms with van der Waals surface area (Å²) in [5, 5.41) is 0. The number of benzene rings is 1. The van der Waals surface area contributed by atoms with Gasteiger partial charge in [0.2, 0.25) is 0 Å². The maximum absolute atomic E-state index is 13.3. The minimum absolute atomic E-state index is 0.0934. The molecule has 0 N–H and O–H groups in total. The third-order valence-corrected chi connectivity index (χ3v) is 7.57. The average Bonchev–Trinajstić information content (AvgIpc) is 3.24. The van der Waals surface area contributed by atoms with E-state index in [-0.39, 0.29) is 10.8 Å². The third-order valence-electron chi connectivity index (χ3n) is 5.79. The second kappa shape index (κ2) is 6.95. The lowest BCUT2D eigenvalue weighted by Crippen LogP contribution is -2.43. The monoisotopic (exact) mass is 401 g/mol. The number of fused-ring (bicyclic) bond motifs is 1. The lowest BCUT2D eigenvalue weighted by atomic mass is 9.92. The first-order valence-corrected chi connectivity index (χ1v) is 11.3. The molecule has 1 amide bonds. The molecule has 0 spiro atoms. The molecule has 7 heteroatoms. The largest absolute Gasteiger partial charge is 0.345 e. The van der Waals surface area contributed by atoms with E-state index in [0.29, 0.717) is 30.5 Å². The van der Waals surface area contributed by atoms with Gasteiger partial charge in [-0.25, -0.2) is 8.42 Å². The smallest absolute Gasteiger partial charge is 0.270 e. The molecule has 2 aliphatic heterocycles. The Hall–Kier alpha value is -2.28. The molecule has 0 radical (unpaired) electrons. The van der Waals surface area contributed by atoms with Crippen LogP contribution in [0.3, 0.4) is 0 Å². The molecule has 2 aromatic rings. The molecule has 0 unspecified atom stereocenters. The summed E-state index contributed by atoms with van der Waals surface area (Å²) in [4.78, 5) is 15.1. The van der Waals surface area contributed by atoms with Crippen molar-refractivity contribution in [3.8, 4) is 0 Å². The molecule has 1 aromatic heterocycles. The Kier molecular flexibility index (Phi) is 4.73. The molecule has 0 bridgehead atoms. The zero-order chi connectivity index (χ0) is 20.1. The van der Waals surface area contributed by atoms with Gasteiger partial charge >= 0.3 is 0 Å². The van der Waals surface area contributed by atoms with Crippen molar-refractivity contribution in [1.82, 2.24) is 9.47 Å². The standard InChI is InChI=1S/C21H27N3O3S/c1-15-10-16(2)13-23(12-15)21(25)20-11-18(14-22(20)3)28(26,27)24-9-8-17-6-4-5-7-19(17)24/h4-7,11,14-16H,8-10,12-13H2,1-3H3/t15-,16-/m0/s1. The van der Waals surface area contributed by atoms with E-state index >= 15 is 0 Å². The van der Waals surface area contributed by atoms with Gasteiger partial charge in [-0.2, -0.15) is 0 Å². The SMILES string of the molecule is C[C@H]1C[C@H](C)CN(C(=O)c2cc(S(=O)(=O)N3CCc4ccccc43)cn2C)C1. The number of carbonyl (C=O) groups is 1. The normalized spacial score (nSPS) is 22.4. The van der Waals surface area contributed by atoms with E-state index in [1.54, 1.807) is 17.8 Å². The highest BCUT2D eigenvalue weighted by atomic mass is 32.2. The van der Waals surface area contributed by atoms with Gasteiger partial charge in [0.05, 0.1) is 5.69 Å². The van der Waals surface area contributed by atoms with Gasteiger partial charge in [0.25, 0.3) is 15.9 Å². The van der Waals surface area contributed by atoms with E-state index < -0.39 is 10.0 Å². The van der Waals surface area contributed by atoms with Gasteiger partial charge < -0.3 is 9.47 Å². The number of nitrogens with zero attached hydrogens (tertiary/aromatic N) is 3. The highest BCUT2D eigenvalue weighted by molar-refractivity contribution is 7.92. The second-order valence-electron chi connectivity index (χ2n) is 8.28. The molecule has 1 saturated heterocycles. The average molecular weight is 402 g/mol. The van der Waals surface area contributed by atoms with Gasteiger partial charge in [-0.3, -0.25) is 9.10 Å².